The van der Waals surface area contributed by atoms with Gasteiger partial charge in [-0.15, -0.1) is 0 Å². The van der Waals surface area contributed by atoms with E-state index >= 15 is 0 Å². The number of aromatic amines is 1. The van der Waals surface area contributed by atoms with E-state index in [1.807, 2.05) is 29.2 Å². The Morgan fingerprint density at radius 3 is 2.87 bits per heavy atom. The Balaban J connectivity index is 1.59. The Morgan fingerprint density at radius 2 is 2.13 bits per heavy atom. The highest BCUT2D eigenvalue weighted by Gasteiger charge is 2.31. The summed E-state index contributed by atoms with van der Waals surface area (Å²) in [6.07, 6.45) is 1.78. The maximum Gasteiger partial charge on any atom is 0.227 e. The fourth-order valence-corrected chi connectivity index (χ4v) is 3.58. The monoisotopic (exact) mass is 330 g/mol. The van der Waals surface area contributed by atoms with Crippen LogP contribution in [0.5, 0.6) is 0 Å². The summed E-state index contributed by atoms with van der Waals surface area (Å²) in [5.74, 6) is 0.395. The van der Waals surface area contributed by atoms with Gasteiger partial charge in [0.2, 0.25) is 5.91 Å². The summed E-state index contributed by atoms with van der Waals surface area (Å²) in [5.41, 5.74) is 4.24. The second kappa shape index (κ2) is 5.98. The molecule has 3 heterocycles. The predicted molar refractivity (Wildman–Crippen MR) is 89.1 cm³/mol. The third kappa shape index (κ3) is 2.75. The number of aromatic nitrogens is 2. The summed E-state index contributed by atoms with van der Waals surface area (Å²) in [7, 11) is 0. The van der Waals surface area contributed by atoms with E-state index in [1.165, 1.54) is 0 Å². The predicted octanol–water partition coefficient (Wildman–Crippen LogP) is 2.22. The van der Waals surface area contributed by atoms with E-state index in [0.29, 0.717) is 11.6 Å². The Hall–Kier alpha value is -1.85. The molecule has 1 unspecified atom stereocenters. The fraction of sp³-hybridized carbons (Fsp3) is 0.412. The first-order chi connectivity index (χ1) is 11.2. The highest BCUT2D eigenvalue weighted by molar-refractivity contribution is 6.30. The van der Waals surface area contributed by atoms with E-state index in [2.05, 4.69) is 15.5 Å². The molecule has 4 rings (SSSR count). The third-order valence-electron chi connectivity index (χ3n) is 4.77. The molecule has 0 bridgehead atoms. The maximum absolute atomic E-state index is 12.7. The van der Waals surface area contributed by atoms with Crippen LogP contribution in [-0.4, -0.2) is 40.6 Å². The number of carbonyl (C=O) groups is 1. The van der Waals surface area contributed by atoms with Crippen LogP contribution in [0.3, 0.4) is 0 Å². The lowest BCUT2D eigenvalue weighted by atomic mass is 9.99. The van der Waals surface area contributed by atoms with Gasteiger partial charge in [-0.2, -0.15) is 5.10 Å². The van der Waals surface area contributed by atoms with Crippen molar-refractivity contribution in [2.24, 2.45) is 5.92 Å². The molecule has 0 aliphatic carbocycles. The van der Waals surface area contributed by atoms with Crippen LogP contribution in [0.2, 0.25) is 5.02 Å². The molecule has 0 spiro atoms. The van der Waals surface area contributed by atoms with Gasteiger partial charge >= 0.3 is 0 Å². The van der Waals surface area contributed by atoms with E-state index in [9.17, 15) is 4.79 Å². The van der Waals surface area contributed by atoms with Crippen molar-refractivity contribution in [1.82, 2.24) is 20.4 Å². The van der Waals surface area contributed by atoms with Crippen molar-refractivity contribution in [3.05, 3.63) is 40.5 Å². The molecular formula is C17H19ClN4O. The number of nitrogens with zero attached hydrogens (tertiary/aromatic N) is 2. The lowest BCUT2D eigenvalue weighted by molar-refractivity contribution is -0.135. The highest BCUT2D eigenvalue weighted by Crippen LogP contribution is 2.30. The largest absolute Gasteiger partial charge is 0.338 e. The van der Waals surface area contributed by atoms with E-state index in [-0.39, 0.29) is 11.8 Å². The number of halogens is 1. The van der Waals surface area contributed by atoms with Gasteiger partial charge in [-0.25, -0.2) is 0 Å². The molecule has 120 valence electrons. The minimum atomic E-state index is 0.127. The zero-order valence-corrected chi connectivity index (χ0v) is 13.6. The number of amides is 1. The second-order valence-corrected chi connectivity index (χ2v) is 6.67. The average Bonchev–Trinajstić information content (AvgIpc) is 3.24. The van der Waals surface area contributed by atoms with Crippen LogP contribution in [0, 0.1) is 5.92 Å². The number of H-pyrrole nitrogens is 1. The molecule has 0 saturated carbocycles. The van der Waals surface area contributed by atoms with Gasteiger partial charge in [0.1, 0.15) is 0 Å². The quantitative estimate of drug-likeness (QED) is 0.887. The molecule has 23 heavy (non-hydrogen) atoms. The minimum absolute atomic E-state index is 0.127. The molecule has 1 aromatic carbocycles. The molecule has 1 fully saturated rings. The number of carbonyl (C=O) groups excluding carboxylic acids is 1. The lowest BCUT2D eigenvalue weighted by Gasteiger charge is -2.29. The van der Waals surface area contributed by atoms with Crippen LogP contribution in [0.15, 0.2) is 24.3 Å². The van der Waals surface area contributed by atoms with Crippen molar-refractivity contribution in [1.29, 1.82) is 0 Å². The first kappa shape index (κ1) is 14.7. The fourth-order valence-electron chi connectivity index (χ4n) is 3.45. The summed E-state index contributed by atoms with van der Waals surface area (Å²) in [4.78, 5) is 14.6. The summed E-state index contributed by atoms with van der Waals surface area (Å²) >= 11 is 5.97. The van der Waals surface area contributed by atoms with Gasteiger partial charge in [0, 0.05) is 47.9 Å². The number of hydrogen-bond acceptors (Lipinski definition) is 3. The third-order valence-corrected chi connectivity index (χ3v) is 5.02. The molecule has 2 N–H and O–H groups in total. The van der Waals surface area contributed by atoms with Gasteiger partial charge in [0.25, 0.3) is 0 Å². The van der Waals surface area contributed by atoms with E-state index < -0.39 is 0 Å². The van der Waals surface area contributed by atoms with Crippen molar-refractivity contribution >= 4 is 17.5 Å². The summed E-state index contributed by atoms with van der Waals surface area (Å²) in [6, 6.07) is 7.68. The maximum atomic E-state index is 12.7. The van der Waals surface area contributed by atoms with Crippen LogP contribution in [0.1, 0.15) is 17.7 Å². The van der Waals surface area contributed by atoms with Crippen molar-refractivity contribution in [2.75, 3.05) is 19.6 Å². The number of benzene rings is 1. The lowest BCUT2D eigenvalue weighted by Crippen LogP contribution is -2.40. The van der Waals surface area contributed by atoms with Gasteiger partial charge in [-0.05, 0) is 25.1 Å². The Labute approximate surface area is 140 Å². The average molecular weight is 331 g/mol. The van der Waals surface area contributed by atoms with Gasteiger partial charge in [0.05, 0.1) is 11.6 Å². The number of fused-ring (bicyclic) bond motifs is 1. The second-order valence-electron chi connectivity index (χ2n) is 6.24. The van der Waals surface area contributed by atoms with Gasteiger partial charge in [-0.3, -0.25) is 9.89 Å². The van der Waals surface area contributed by atoms with Crippen LogP contribution < -0.4 is 5.32 Å². The molecule has 1 saturated heterocycles. The molecule has 0 radical (unpaired) electrons. The summed E-state index contributed by atoms with van der Waals surface area (Å²) < 4.78 is 0. The van der Waals surface area contributed by atoms with Gasteiger partial charge < -0.3 is 10.2 Å². The summed E-state index contributed by atoms with van der Waals surface area (Å²) in [6.45, 7) is 3.15. The van der Waals surface area contributed by atoms with E-state index in [1.54, 1.807) is 0 Å². The smallest absolute Gasteiger partial charge is 0.227 e. The Bertz CT molecular complexity index is 719. The minimum Gasteiger partial charge on any atom is -0.338 e. The van der Waals surface area contributed by atoms with Crippen molar-refractivity contribution in [3.63, 3.8) is 0 Å². The van der Waals surface area contributed by atoms with Crippen molar-refractivity contribution in [3.8, 4) is 11.3 Å². The first-order valence-electron chi connectivity index (χ1n) is 8.04. The molecule has 1 atom stereocenters. The summed E-state index contributed by atoms with van der Waals surface area (Å²) in [5, 5.41) is 11.6. The zero-order chi connectivity index (χ0) is 15.8. The molecule has 5 nitrogen and oxygen atoms in total. The molecule has 1 aromatic heterocycles. The van der Waals surface area contributed by atoms with E-state index in [0.717, 1.165) is 55.0 Å². The Kier molecular flexibility index (Phi) is 3.83. The molecule has 1 amide bonds. The molecule has 6 heteroatoms. The van der Waals surface area contributed by atoms with Gasteiger partial charge in [0.15, 0.2) is 0 Å². The van der Waals surface area contributed by atoms with E-state index in [4.69, 9.17) is 11.6 Å². The topological polar surface area (TPSA) is 61.0 Å². The molecule has 2 aliphatic heterocycles. The number of rotatable bonds is 2. The van der Waals surface area contributed by atoms with Crippen LogP contribution in [-0.2, 0) is 17.8 Å². The van der Waals surface area contributed by atoms with Crippen LogP contribution >= 0.6 is 11.6 Å². The molecular weight excluding hydrogens is 312 g/mol. The number of nitrogens with one attached hydrogen (secondary N) is 2. The highest BCUT2D eigenvalue weighted by atomic mass is 35.5. The molecule has 2 aliphatic rings. The molecule has 2 aromatic rings. The van der Waals surface area contributed by atoms with Crippen LogP contribution in [0.25, 0.3) is 11.3 Å². The normalized spacial score (nSPS) is 20.6. The van der Waals surface area contributed by atoms with Crippen molar-refractivity contribution < 1.29 is 4.79 Å². The standard InChI is InChI=1S/C17H19ClN4O/c18-13-3-1-11(2-4-13)16-14-10-22(8-6-15(14)20-21-16)17(23)12-5-7-19-9-12/h1-4,12,19H,5-10H2,(H,20,21). The SMILES string of the molecule is O=C(C1CCNC1)N1CCc2[nH]nc(-c3ccc(Cl)cc3)c2C1. The van der Waals surface area contributed by atoms with Crippen LogP contribution in [0.4, 0.5) is 0 Å². The Morgan fingerprint density at radius 1 is 1.30 bits per heavy atom. The first-order valence-corrected chi connectivity index (χ1v) is 8.42. The van der Waals surface area contributed by atoms with Gasteiger partial charge in [-0.1, -0.05) is 23.7 Å². The van der Waals surface area contributed by atoms with Crippen molar-refractivity contribution in [2.45, 2.75) is 19.4 Å². The number of hydrogen-bond donors (Lipinski definition) is 2. The zero-order valence-electron chi connectivity index (χ0n) is 12.8.